The van der Waals surface area contributed by atoms with Gasteiger partial charge in [-0.3, -0.25) is 4.21 Å². The maximum atomic E-state index is 13.4. The Morgan fingerprint density at radius 1 is 1.17 bits per heavy atom. The molecule has 6 heteroatoms. The second-order valence-corrected chi connectivity index (χ2v) is 6.50. The van der Waals surface area contributed by atoms with Gasteiger partial charge in [0.15, 0.2) is 11.6 Å². The van der Waals surface area contributed by atoms with Crippen molar-refractivity contribution in [3.63, 3.8) is 0 Å². The number of benzene rings is 2. The van der Waals surface area contributed by atoms with Crippen LogP contribution in [0.5, 0.6) is 5.75 Å². The summed E-state index contributed by atoms with van der Waals surface area (Å²) in [5, 5.41) is 3.25. The van der Waals surface area contributed by atoms with Crippen LogP contribution in [0.4, 0.5) is 8.78 Å². The molecule has 2 atom stereocenters. The average molecular weight is 339 g/mol. The molecule has 23 heavy (non-hydrogen) atoms. The molecule has 0 radical (unpaired) electrons. The Morgan fingerprint density at radius 2 is 1.87 bits per heavy atom. The molecule has 0 aliphatic carbocycles. The van der Waals surface area contributed by atoms with Crippen LogP contribution in [0.25, 0.3) is 0 Å². The quantitative estimate of drug-likeness (QED) is 0.786. The van der Waals surface area contributed by atoms with Gasteiger partial charge in [0.25, 0.3) is 0 Å². The molecule has 2 rings (SSSR count). The van der Waals surface area contributed by atoms with Gasteiger partial charge in [-0.05, 0) is 36.8 Å². The fraction of sp³-hybridized carbons (Fsp3) is 0.294. The summed E-state index contributed by atoms with van der Waals surface area (Å²) >= 11 is 0. The minimum atomic E-state index is -0.985. The molecule has 124 valence electrons. The van der Waals surface area contributed by atoms with Crippen LogP contribution < -0.4 is 10.1 Å². The summed E-state index contributed by atoms with van der Waals surface area (Å²) in [7, 11) is -0.985. The summed E-state index contributed by atoms with van der Waals surface area (Å²) in [5.74, 6) is -1.30. The molecule has 0 aromatic heterocycles. The molecule has 1 N–H and O–H groups in total. The molecule has 0 saturated heterocycles. The average Bonchev–Trinajstić information content (AvgIpc) is 2.53. The van der Waals surface area contributed by atoms with Gasteiger partial charge in [-0.1, -0.05) is 12.1 Å². The van der Waals surface area contributed by atoms with Crippen LogP contribution in [0.15, 0.2) is 47.4 Å². The maximum absolute atomic E-state index is 13.4. The smallest absolute Gasteiger partial charge is 0.167 e. The summed E-state index contributed by atoms with van der Waals surface area (Å²) in [6, 6.07) is 10.8. The lowest BCUT2D eigenvalue weighted by molar-refractivity contribution is 0.292. The van der Waals surface area contributed by atoms with Crippen LogP contribution in [0.3, 0.4) is 0 Å². The van der Waals surface area contributed by atoms with Crippen molar-refractivity contribution >= 4 is 10.8 Å². The van der Waals surface area contributed by atoms with Crippen molar-refractivity contribution in [1.82, 2.24) is 5.32 Å². The first-order valence-corrected chi connectivity index (χ1v) is 8.78. The van der Waals surface area contributed by atoms with Gasteiger partial charge in [-0.2, -0.15) is 0 Å². The maximum Gasteiger partial charge on any atom is 0.167 e. The van der Waals surface area contributed by atoms with Gasteiger partial charge in [0.1, 0.15) is 12.4 Å². The highest BCUT2D eigenvalue weighted by Gasteiger charge is 2.07. The van der Waals surface area contributed by atoms with E-state index in [1.165, 1.54) is 6.07 Å². The first-order valence-electron chi connectivity index (χ1n) is 7.22. The van der Waals surface area contributed by atoms with E-state index in [1.54, 1.807) is 6.26 Å². The number of hydrogen-bond acceptors (Lipinski definition) is 3. The van der Waals surface area contributed by atoms with Gasteiger partial charge in [0.2, 0.25) is 0 Å². The summed E-state index contributed by atoms with van der Waals surface area (Å²) in [6.07, 6.45) is 1.64. The monoisotopic (exact) mass is 339 g/mol. The van der Waals surface area contributed by atoms with Crippen LogP contribution in [-0.4, -0.2) is 23.6 Å². The van der Waals surface area contributed by atoms with Gasteiger partial charge in [-0.15, -0.1) is 0 Å². The van der Waals surface area contributed by atoms with E-state index >= 15 is 0 Å². The normalized spacial score (nSPS) is 13.6. The fourth-order valence-electron chi connectivity index (χ4n) is 2.09. The lowest BCUT2D eigenvalue weighted by Crippen LogP contribution is -2.24. The third-order valence-corrected chi connectivity index (χ3v) is 4.35. The molecular weight excluding hydrogens is 320 g/mol. The Balaban J connectivity index is 1.80. The van der Waals surface area contributed by atoms with Crippen LogP contribution in [0, 0.1) is 11.6 Å². The molecule has 0 aliphatic rings. The molecule has 0 spiro atoms. The highest BCUT2D eigenvalue weighted by molar-refractivity contribution is 7.84. The number of hydrogen-bond donors (Lipinski definition) is 1. The molecule has 2 aromatic carbocycles. The second-order valence-electron chi connectivity index (χ2n) is 5.12. The molecule has 3 nitrogen and oxygen atoms in total. The van der Waals surface area contributed by atoms with Crippen molar-refractivity contribution in [2.24, 2.45) is 0 Å². The summed E-state index contributed by atoms with van der Waals surface area (Å²) in [5.41, 5.74) is 1.06. The van der Waals surface area contributed by atoms with E-state index in [0.29, 0.717) is 6.54 Å². The van der Waals surface area contributed by atoms with E-state index < -0.39 is 22.4 Å². The third kappa shape index (κ3) is 5.11. The molecule has 0 amide bonds. The Kier molecular flexibility index (Phi) is 6.24. The first-order chi connectivity index (χ1) is 11.0. The molecule has 0 fully saturated rings. The predicted octanol–water partition coefficient (Wildman–Crippen LogP) is 3.43. The molecule has 0 aliphatic heterocycles. The highest BCUT2D eigenvalue weighted by Crippen LogP contribution is 2.18. The van der Waals surface area contributed by atoms with Gasteiger partial charge in [0.05, 0.1) is 0 Å². The minimum absolute atomic E-state index is 0.0376. The van der Waals surface area contributed by atoms with Gasteiger partial charge in [-0.25, -0.2) is 8.78 Å². The topological polar surface area (TPSA) is 38.3 Å². The highest BCUT2D eigenvalue weighted by atomic mass is 32.2. The van der Waals surface area contributed by atoms with Crippen LogP contribution in [0.1, 0.15) is 18.5 Å². The number of rotatable bonds is 7. The van der Waals surface area contributed by atoms with Crippen molar-refractivity contribution in [2.45, 2.75) is 17.9 Å². The first kappa shape index (κ1) is 17.6. The minimum Gasteiger partial charge on any atom is -0.489 e. The predicted molar refractivity (Wildman–Crippen MR) is 87.0 cm³/mol. The zero-order valence-corrected chi connectivity index (χ0v) is 13.8. The Morgan fingerprint density at radius 3 is 2.48 bits per heavy atom. The molecule has 0 unspecified atom stereocenters. The standard InChI is InChI=1S/C17H19F2NO2S/c1-12(13-3-6-15(7-4-13)23(2)21)20-9-10-22-17-8-5-14(18)11-16(17)19/h3-8,11-12,20H,9-10H2,1-2H3/t12-,23+/m1/s1. The van der Waals surface area contributed by atoms with Gasteiger partial charge < -0.3 is 10.1 Å². The van der Waals surface area contributed by atoms with Crippen molar-refractivity contribution < 1.29 is 17.7 Å². The third-order valence-electron chi connectivity index (χ3n) is 3.42. The van der Waals surface area contributed by atoms with Gasteiger partial charge >= 0.3 is 0 Å². The van der Waals surface area contributed by atoms with Crippen LogP contribution >= 0.6 is 0 Å². The molecule has 0 saturated carbocycles. The summed E-state index contributed by atoms with van der Waals surface area (Å²) in [4.78, 5) is 0.788. The Bertz CT molecular complexity index is 677. The van der Waals surface area contributed by atoms with E-state index in [0.717, 1.165) is 22.6 Å². The SMILES string of the molecule is C[C@@H](NCCOc1ccc(F)cc1F)c1ccc([S@](C)=O)cc1. The van der Waals surface area contributed by atoms with Crippen LogP contribution in [0.2, 0.25) is 0 Å². The van der Waals surface area contributed by atoms with Crippen molar-refractivity contribution in [3.8, 4) is 5.75 Å². The van der Waals surface area contributed by atoms with Crippen molar-refractivity contribution in [3.05, 3.63) is 59.7 Å². The lowest BCUT2D eigenvalue weighted by atomic mass is 10.1. The van der Waals surface area contributed by atoms with Crippen LogP contribution in [-0.2, 0) is 10.8 Å². The molecule has 2 aromatic rings. The number of ether oxygens (including phenoxy) is 1. The number of nitrogens with one attached hydrogen (secondary N) is 1. The van der Waals surface area contributed by atoms with Gasteiger partial charge in [0, 0.05) is 40.6 Å². The Labute approximate surface area is 137 Å². The summed E-state index contributed by atoms with van der Waals surface area (Å²) < 4.78 is 42.8. The van der Waals surface area contributed by atoms with E-state index in [-0.39, 0.29) is 18.4 Å². The molecule has 0 bridgehead atoms. The van der Waals surface area contributed by atoms with E-state index in [4.69, 9.17) is 4.74 Å². The largest absolute Gasteiger partial charge is 0.489 e. The van der Waals surface area contributed by atoms with E-state index in [2.05, 4.69) is 5.32 Å². The lowest BCUT2D eigenvalue weighted by Gasteiger charge is -2.15. The zero-order valence-electron chi connectivity index (χ0n) is 13.0. The second kappa shape index (κ2) is 8.17. The molecule has 0 heterocycles. The summed E-state index contributed by atoms with van der Waals surface area (Å²) in [6.45, 7) is 2.78. The zero-order chi connectivity index (χ0) is 16.8. The number of halogens is 2. The van der Waals surface area contributed by atoms with E-state index in [1.807, 2.05) is 31.2 Å². The van der Waals surface area contributed by atoms with Crippen molar-refractivity contribution in [1.29, 1.82) is 0 Å². The van der Waals surface area contributed by atoms with Crippen molar-refractivity contribution in [2.75, 3.05) is 19.4 Å². The Hall–Kier alpha value is -1.79. The fourth-order valence-corrected chi connectivity index (χ4v) is 2.61. The molecular formula is C17H19F2NO2S. The van der Waals surface area contributed by atoms with E-state index in [9.17, 15) is 13.0 Å².